The van der Waals surface area contributed by atoms with E-state index in [-0.39, 0.29) is 0 Å². The fraction of sp³-hybridized carbons (Fsp3) is 0.467. The molecule has 0 saturated carbocycles. The maximum atomic E-state index is 6.14. The first-order chi connectivity index (χ1) is 8.68. The van der Waals surface area contributed by atoms with Crippen molar-refractivity contribution in [3.8, 4) is 0 Å². The van der Waals surface area contributed by atoms with Crippen molar-refractivity contribution in [3.63, 3.8) is 0 Å². The normalized spacial score (nSPS) is 11.6. The Bertz CT molecular complexity index is 504. The lowest BCUT2D eigenvalue weighted by molar-refractivity contribution is 0.117. The first-order valence-corrected chi connectivity index (χ1v) is 6.87. The number of halogens is 1. The van der Waals surface area contributed by atoms with Crippen molar-refractivity contribution < 1.29 is 4.74 Å². The number of aromatic nitrogens is 1. The van der Waals surface area contributed by atoms with Crippen LogP contribution < -0.4 is 0 Å². The van der Waals surface area contributed by atoms with Crippen LogP contribution >= 0.6 is 11.6 Å². The van der Waals surface area contributed by atoms with Gasteiger partial charge in [0, 0.05) is 35.3 Å². The highest BCUT2D eigenvalue weighted by atomic mass is 35.5. The van der Waals surface area contributed by atoms with Gasteiger partial charge in [-0.1, -0.05) is 31.5 Å². The lowest BCUT2D eigenvalue weighted by Gasteiger charge is -2.08. The van der Waals surface area contributed by atoms with Crippen molar-refractivity contribution in [1.29, 1.82) is 0 Å². The van der Waals surface area contributed by atoms with E-state index in [0.717, 1.165) is 36.6 Å². The molecule has 3 heteroatoms. The Morgan fingerprint density at radius 3 is 2.83 bits per heavy atom. The molecular formula is C15H20ClNO. The van der Waals surface area contributed by atoms with Gasteiger partial charge >= 0.3 is 0 Å². The highest BCUT2D eigenvalue weighted by Crippen LogP contribution is 2.23. The van der Waals surface area contributed by atoms with Crippen LogP contribution in [0.5, 0.6) is 0 Å². The first kappa shape index (κ1) is 13.4. The largest absolute Gasteiger partial charge is 0.380 e. The maximum Gasteiger partial charge on any atom is 0.0645 e. The van der Waals surface area contributed by atoms with Gasteiger partial charge in [-0.3, -0.25) is 0 Å². The molecule has 0 aliphatic carbocycles. The van der Waals surface area contributed by atoms with Crippen LogP contribution in [0.3, 0.4) is 0 Å². The molecule has 0 aliphatic heterocycles. The van der Waals surface area contributed by atoms with E-state index in [1.165, 1.54) is 5.52 Å². The molecule has 1 aromatic carbocycles. The Kier molecular flexibility index (Phi) is 4.67. The third-order valence-electron chi connectivity index (χ3n) is 3.08. The molecule has 1 heterocycles. The topological polar surface area (TPSA) is 14.2 Å². The highest BCUT2D eigenvalue weighted by molar-refractivity contribution is 6.35. The van der Waals surface area contributed by atoms with Crippen molar-refractivity contribution in [2.75, 3.05) is 13.2 Å². The van der Waals surface area contributed by atoms with Gasteiger partial charge in [-0.15, -0.1) is 0 Å². The number of benzene rings is 1. The molecule has 1 aromatic heterocycles. The summed E-state index contributed by atoms with van der Waals surface area (Å²) in [4.78, 5) is 0. The molecule has 0 atom stereocenters. The third kappa shape index (κ3) is 3.27. The quantitative estimate of drug-likeness (QED) is 0.708. The van der Waals surface area contributed by atoms with Crippen molar-refractivity contribution in [3.05, 3.63) is 35.5 Å². The Balaban J connectivity index is 1.90. The number of hydrogen-bond donors (Lipinski definition) is 0. The lowest BCUT2D eigenvalue weighted by atomic mass is 10.1. The van der Waals surface area contributed by atoms with Crippen LogP contribution in [0.25, 0.3) is 10.9 Å². The molecule has 2 nitrogen and oxygen atoms in total. The summed E-state index contributed by atoms with van der Waals surface area (Å²) in [6.45, 7) is 6.90. The summed E-state index contributed by atoms with van der Waals surface area (Å²) in [6.07, 6.45) is 3.20. The summed E-state index contributed by atoms with van der Waals surface area (Å²) >= 11 is 6.14. The van der Waals surface area contributed by atoms with Gasteiger partial charge in [0.25, 0.3) is 0 Å². The van der Waals surface area contributed by atoms with E-state index >= 15 is 0 Å². The number of fused-ring (bicyclic) bond motifs is 1. The van der Waals surface area contributed by atoms with Gasteiger partial charge in [0.2, 0.25) is 0 Å². The zero-order valence-electron chi connectivity index (χ0n) is 11.0. The molecule has 0 aliphatic rings. The summed E-state index contributed by atoms with van der Waals surface area (Å²) in [7, 11) is 0. The molecule has 0 fully saturated rings. The molecule has 0 bridgehead atoms. The van der Waals surface area contributed by atoms with Crippen molar-refractivity contribution in [2.45, 2.75) is 26.8 Å². The van der Waals surface area contributed by atoms with Gasteiger partial charge in [0.05, 0.1) is 6.61 Å². The van der Waals surface area contributed by atoms with E-state index < -0.39 is 0 Å². The SMILES string of the molecule is CC(C)CCOCCn1ccc2c(Cl)cccc21. The van der Waals surface area contributed by atoms with Crippen LogP contribution in [0, 0.1) is 5.92 Å². The van der Waals surface area contributed by atoms with Crippen molar-refractivity contribution in [2.24, 2.45) is 5.92 Å². The molecule has 98 valence electrons. The van der Waals surface area contributed by atoms with Crippen LogP contribution in [0.15, 0.2) is 30.5 Å². The Morgan fingerprint density at radius 2 is 2.06 bits per heavy atom. The summed E-state index contributed by atoms with van der Waals surface area (Å²) in [5.74, 6) is 0.705. The van der Waals surface area contributed by atoms with E-state index in [9.17, 15) is 0 Å². The van der Waals surface area contributed by atoms with Gasteiger partial charge < -0.3 is 9.30 Å². The van der Waals surface area contributed by atoms with E-state index in [4.69, 9.17) is 16.3 Å². The summed E-state index contributed by atoms with van der Waals surface area (Å²) in [6, 6.07) is 8.06. The molecule has 0 N–H and O–H groups in total. The Hall–Kier alpha value is -0.990. The average molecular weight is 266 g/mol. The minimum absolute atomic E-state index is 0.705. The average Bonchev–Trinajstić information content (AvgIpc) is 2.73. The first-order valence-electron chi connectivity index (χ1n) is 6.49. The lowest BCUT2D eigenvalue weighted by Crippen LogP contribution is -2.07. The molecule has 0 amide bonds. The van der Waals surface area contributed by atoms with Gasteiger partial charge in [-0.25, -0.2) is 0 Å². The number of rotatable bonds is 6. The van der Waals surface area contributed by atoms with Gasteiger partial charge in [-0.2, -0.15) is 0 Å². The molecular weight excluding hydrogens is 246 g/mol. The number of nitrogens with zero attached hydrogens (tertiary/aromatic N) is 1. The highest BCUT2D eigenvalue weighted by Gasteiger charge is 2.03. The van der Waals surface area contributed by atoms with Crippen molar-refractivity contribution in [1.82, 2.24) is 4.57 Å². The van der Waals surface area contributed by atoms with Gasteiger partial charge in [0.15, 0.2) is 0 Å². The standard InChI is InChI=1S/C15H20ClNO/c1-12(2)7-10-18-11-9-17-8-6-13-14(16)4-3-5-15(13)17/h3-6,8,12H,7,9-11H2,1-2H3. The number of hydrogen-bond acceptors (Lipinski definition) is 1. The molecule has 0 radical (unpaired) electrons. The van der Waals surface area contributed by atoms with E-state index in [1.54, 1.807) is 0 Å². The molecule has 0 spiro atoms. The van der Waals surface area contributed by atoms with Gasteiger partial charge in [0.1, 0.15) is 0 Å². The molecule has 0 saturated heterocycles. The second-order valence-electron chi connectivity index (χ2n) is 4.98. The Labute approximate surface area is 114 Å². The Morgan fingerprint density at radius 1 is 1.22 bits per heavy atom. The van der Waals surface area contributed by atoms with Crippen LogP contribution in [0.1, 0.15) is 20.3 Å². The molecule has 0 unspecified atom stereocenters. The molecule has 2 aromatic rings. The van der Waals surface area contributed by atoms with Crippen LogP contribution in [-0.2, 0) is 11.3 Å². The fourth-order valence-corrected chi connectivity index (χ4v) is 2.20. The predicted octanol–water partition coefficient (Wildman–Crippen LogP) is 4.36. The van der Waals surface area contributed by atoms with E-state index in [1.807, 2.05) is 12.1 Å². The second-order valence-corrected chi connectivity index (χ2v) is 5.38. The van der Waals surface area contributed by atoms with E-state index in [2.05, 4.69) is 36.7 Å². The zero-order chi connectivity index (χ0) is 13.0. The molecule has 18 heavy (non-hydrogen) atoms. The monoisotopic (exact) mass is 265 g/mol. The third-order valence-corrected chi connectivity index (χ3v) is 3.41. The van der Waals surface area contributed by atoms with Crippen LogP contribution in [-0.4, -0.2) is 17.8 Å². The summed E-state index contributed by atoms with van der Waals surface area (Å²) < 4.78 is 7.83. The summed E-state index contributed by atoms with van der Waals surface area (Å²) in [5.41, 5.74) is 1.18. The summed E-state index contributed by atoms with van der Waals surface area (Å²) in [5, 5.41) is 1.92. The molecule has 2 rings (SSSR count). The van der Waals surface area contributed by atoms with Gasteiger partial charge in [-0.05, 0) is 30.5 Å². The second kappa shape index (κ2) is 6.26. The van der Waals surface area contributed by atoms with E-state index in [0.29, 0.717) is 5.92 Å². The van der Waals surface area contributed by atoms with Crippen LogP contribution in [0.4, 0.5) is 0 Å². The van der Waals surface area contributed by atoms with Crippen molar-refractivity contribution >= 4 is 22.5 Å². The smallest absolute Gasteiger partial charge is 0.0645 e. The zero-order valence-corrected chi connectivity index (χ0v) is 11.8. The minimum atomic E-state index is 0.705. The maximum absolute atomic E-state index is 6.14. The predicted molar refractivity (Wildman–Crippen MR) is 77.2 cm³/mol. The minimum Gasteiger partial charge on any atom is -0.380 e. The fourth-order valence-electron chi connectivity index (χ4n) is 1.96. The number of ether oxygens (including phenoxy) is 1. The van der Waals surface area contributed by atoms with Crippen LogP contribution in [0.2, 0.25) is 5.02 Å².